The second-order valence-corrected chi connectivity index (χ2v) is 5.31. The van der Waals surface area contributed by atoms with Crippen LogP contribution in [0.15, 0.2) is 34.8 Å². The van der Waals surface area contributed by atoms with Crippen molar-refractivity contribution >= 4 is 18.1 Å². The molecule has 0 aliphatic heterocycles. The van der Waals surface area contributed by atoms with Crippen LogP contribution in [0, 0.1) is 0 Å². The summed E-state index contributed by atoms with van der Waals surface area (Å²) >= 11 is 0. The lowest BCUT2D eigenvalue weighted by molar-refractivity contribution is -0.138. The molecular formula is C17H24N4O4. The minimum Gasteiger partial charge on any atom is -0.504 e. The number of ether oxygens (including phenoxy) is 1. The molecule has 0 saturated heterocycles. The van der Waals surface area contributed by atoms with Crippen LogP contribution in [-0.4, -0.2) is 48.1 Å². The molecule has 0 radical (unpaired) electrons. The van der Waals surface area contributed by atoms with E-state index in [0.29, 0.717) is 30.7 Å². The number of hydrogen-bond acceptors (Lipinski definition) is 5. The summed E-state index contributed by atoms with van der Waals surface area (Å²) in [5.41, 5.74) is 11.7. The molecule has 1 aromatic carbocycles. The number of nitrogens with two attached hydrogens (primary N) is 2. The van der Waals surface area contributed by atoms with Crippen LogP contribution in [-0.2, 0) is 11.2 Å². The fourth-order valence-electron chi connectivity index (χ4n) is 2.15. The molecule has 136 valence electrons. The van der Waals surface area contributed by atoms with Crippen molar-refractivity contribution in [3.05, 3.63) is 35.9 Å². The number of hydrogen-bond donors (Lipinski definition) is 4. The number of nitrogens with zero attached hydrogens (tertiary/aromatic N) is 2. The van der Waals surface area contributed by atoms with Crippen LogP contribution in [0.1, 0.15) is 24.0 Å². The van der Waals surface area contributed by atoms with E-state index in [2.05, 4.69) is 16.6 Å². The maximum Gasteiger partial charge on any atom is 0.328 e. The zero-order chi connectivity index (χ0) is 18.8. The van der Waals surface area contributed by atoms with Crippen molar-refractivity contribution in [2.24, 2.45) is 21.5 Å². The van der Waals surface area contributed by atoms with Crippen molar-refractivity contribution in [2.75, 3.05) is 13.7 Å². The van der Waals surface area contributed by atoms with E-state index < -0.39 is 12.0 Å². The van der Waals surface area contributed by atoms with E-state index in [-0.39, 0.29) is 18.1 Å². The van der Waals surface area contributed by atoms with Crippen LogP contribution in [0.2, 0.25) is 0 Å². The molecule has 6 N–H and O–H groups in total. The van der Waals surface area contributed by atoms with Gasteiger partial charge in [0.15, 0.2) is 17.5 Å². The fraction of sp³-hybridized carbons (Fsp3) is 0.353. The largest absolute Gasteiger partial charge is 0.504 e. The number of guanidine groups is 1. The van der Waals surface area contributed by atoms with Gasteiger partial charge in [0.2, 0.25) is 0 Å². The van der Waals surface area contributed by atoms with Gasteiger partial charge in [0.1, 0.15) is 6.04 Å². The van der Waals surface area contributed by atoms with Gasteiger partial charge in [0.05, 0.1) is 7.11 Å². The number of phenolic OH excluding ortho intramolecular Hbond substituents is 1. The van der Waals surface area contributed by atoms with E-state index in [1.165, 1.54) is 13.3 Å². The summed E-state index contributed by atoms with van der Waals surface area (Å²) in [5.74, 6) is -0.898. The van der Waals surface area contributed by atoms with Gasteiger partial charge in [-0.3, -0.25) is 9.98 Å². The first-order valence-electron chi connectivity index (χ1n) is 7.71. The maximum absolute atomic E-state index is 11.3. The summed E-state index contributed by atoms with van der Waals surface area (Å²) in [4.78, 5) is 19.2. The molecular weight excluding hydrogens is 324 g/mol. The van der Waals surface area contributed by atoms with E-state index in [0.717, 1.165) is 5.56 Å². The molecule has 1 unspecified atom stereocenters. The Bertz CT molecular complexity index is 667. The highest BCUT2D eigenvalue weighted by Crippen LogP contribution is 2.31. The minimum atomic E-state index is -1.06. The predicted octanol–water partition coefficient (Wildman–Crippen LogP) is 1.05. The molecule has 25 heavy (non-hydrogen) atoms. The molecule has 0 saturated carbocycles. The van der Waals surface area contributed by atoms with E-state index in [9.17, 15) is 15.0 Å². The molecule has 1 rings (SSSR count). The number of methoxy groups -OCH3 is 1. The van der Waals surface area contributed by atoms with Crippen molar-refractivity contribution < 1.29 is 19.7 Å². The number of aliphatic carboxylic acids is 1. The lowest BCUT2D eigenvalue weighted by atomic mass is 10.1. The molecule has 0 fully saturated rings. The highest BCUT2D eigenvalue weighted by atomic mass is 16.5. The molecule has 8 heteroatoms. The van der Waals surface area contributed by atoms with Gasteiger partial charge in [-0.2, -0.15) is 0 Å². The molecule has 0 spiro atoms. The van der Waals surface area contributed by atoms with Gasteiger partial charge in [-0.05, 0) is 37.0 Å². The number of carbonyl (C=O) groups is 1. The number of carboxylic acid groups (broad SMARTS) is 1. The molecule has 0 aliphatic carbocycles. The molecule has 1 aromatic rings. The Balaban J connectivity index is 2.94. The molecule has 0 aromatic heterocycles. The normalized spacial score (nSPS) is 11.9. The second-order valence-electron chi connectivity index (χ2n) is 5.31. The van der Waals surface area contributed by atoms with Gasteiger partial charge < -0.3 is 26.4 Å². The van der Waals surface area contributed by atoms with Crippen molar-refractivity contribution in [2.45, 2.75) is 25.3 Å². The molecule has 0 bridgehead atoms. The average molecular weight is 348 g/mol. The zero-order valence-electron chi connectivity index (χ0n) is 14.2. The average Bonchev–Trinajstić information content (AvgIpc) is 2.55. The highest BCUT2D eigenvalue weighted by molar-refractivity contribution is 5.87. The minimum absolute atomic E-state index is 0.0357. The Morgan fingerprint density at radius 2 is 2.16 bits per heavy atom. The summed E-state index contributed by atoms with van der Waals surface area (Å²) in [5, 5.41) is 19.4. The quantitative estimate of drug-likeness (QED) is 0.215. The van der Waals surface area contributed by atoms with Crippen LogP contribution in [0.5, 0.6) is 11.5 Å². The van der Waals surface area contributed by atoms with Crippen molar-refractivity contribution in [3.8, 4) is 11.5 Å². The van der Waals surface area contributed by atoms with Gasteiger partial charge >= 0.3 is 5.97 Å². The first kappa shape index (κ1) is 20.0. The van der Waals surface area contributed by atoms with Crippen molar-refractivity contribution in [1.29, 1.82) is 0 Å². The third-order valence-corrected chi connectivity index (χ3v) is 3.37. The number of aliphatic imine (C=N–C) groups is 2. The molecule has 1 atom stereocenters. The van der Waals surface area contributed by atoms with Crippen molar-refractivity contribution in [3.63, 3.8) is 0 Å². The van der Waals surface area contributed by atoms with Gasteiger partial charge in [-0.25, -0.2) is 4.79 Å². The second kappa shape index (κ2) is 9.96. The number of rotatable bonds is 10. The number of phenols is 1. The molecule has 0 heterocycles. The standard InChI is InChI=1S/C17H24N4O4/c1-3-5-11-8-12(15(22)14(9-11)25-2)10-21-13(16(23)24)6-4-7-20-17(18)19/h3,8-10,13,22H,1,4-7H2,2H3,(H,23,24)(H4,18,19,20). The van der Waals surface area contributed by atoms with Crippen molar-refractivity contribution in [1.82, 2.24) is 0 Å². The summed E-state index contributed by atoms with van der Waals surface area (Å²) in [6, 6.07) is 2.45. The summed E-state index contributed by atoms with van der Waals surface area (Å²) in [6.07, 6.45) is 4.38. The van der Waals surface area contributed by atoms with E-state index in [4.69, 9.17) is 16.2 Å². The third-order valence-electron chi connectivity index (χ3n) is 3.37. The van der Waals surface area contributed by atoms with E-state index in [1.54, 1.807) is 18.2 Å². The smallest absolute Gasteiger partial charge is 0.328 e. The first-order valence-corrected chi connectivity index (χ1v) is 7.71. The van der Waals surface area contributed by atoms with Gasteiger partial charge in [0, 0.05) is 18.3 Å². The molecule has 0 amide bonds. The van der Waals surface area contributed by atoms with Gasteiger partial charge in [-0.1, -0.05) is 6.08 Å². The van der Waals surface area contributed by atoms with Crippen LogP contribution >= 0.6 is 0 Å². The lowest BCUT2D eigenvalue weighted by Gasteiger charge is -2.10. The topological polar surface area (TPSA) is 144 Å². The maximum atomic E-state index is 11.3. The monoisotopic (exact) mass is 348 g/mol. The SMILES string of the molecule is C=CCc1cc(C=NC(CCCN=C(N)N)C(=O)O)c(O)c(OC)c1. The summed E-state index contributed by atoms with van der Waals surface area (Å²) in [6.45, 7) is 4.00. The Kier molecular flexibility index (Phi) is 7.98. The molecule has 0 aliphatic rings. The third kappa shape index (κ3) is 6.54. The predicted molar refractivity (Wildman–Crippen MR) is 97.5 cm³/mol. The Labute approximate surface area is 146 Å². The Morgan fingerprint density at radius 1 is 1.44 bits per heavy atom. The van der Waals surface area contributed by atoms with E-state index >= 15 is 0 Å². The van der Waals surface area contributed by atoms with Crippen LogP contribution < -0.4 is 16.2 Å². The number of benzene rings is 1. The molecule has 8 nitrogen and oxygen atoms in total. The first-order chi connectivity index (χ1) is 11.9. The number of allylic oxidation sites excluding steroid dienone is 1. The Morgan fingerprint density at radius 3 is 2.72 bits per heavy atom. The Hall–Kier alpha value is -3.03. The highest BCUT2D eigenvalue weighted by Gasteiger charge is 2.16. The fourth-order valence-corrected chi connectivity index (χ4v) is 2.15. The number of aromatic hydroxyl groups is 1. The summed E-state index contributed by atoms with van der Waals surface area (Å²) in [7, 11) is 1.44. The van der Waals surface area contributed by atoms with Gasteiger partial charge in [0.25, 0.3) is 0 Å². The van der Waals surface area contributed by atoms with Crippen LogP contribution in [0.4, 0.5) is 0 Å². The van der Waals surface area contributed by atoms with Crippen LogP contribution in [0.3, 0.4) is 0 Å². The number of carboxylic acids is 1. The zero-order valence-corrected chi connectivity index (χ0v) is 14.2. The van der Waals surface area contributed by atoms with Crippen LogP contribution in [0.25, 0.3) is 0 Å². The summed E-state index contributed by atoms with van der Waals surface area (Å²) < 4.78 is 5.13. The lowest BCUT2D eigenvalue weighted by Crippen LogP contribution is -2.23. The van der Waals surface area contributed by atoms with Gasteiger partial charge in [-0.15, -0.1) is 6.58 Å². The van der Waals surface area contributed by atoms with E-state index in [1.807, 2.05) is 0 Å².